The van der Waals surface area contributed by atoms with Crippen molar-refractivity contribution in [2.24, 2.45) is 0 Å². The van der Waals surface area contributed by atoms with Crippen LogP contribution in [0, 0.1) is 5.82 Å². The SMILES string of the molecule is COc1cc(-c2cn(C3CCC(N4CCN(C)CC4)CC3)c3ncnc(N)c23)ccc1NC(=O)c1c(F)cccc1Cl. The van der Waals surface area contributed by atoms with Crippen LogP contribution in [-0.4, -0.2) is 76.6 Å². The first kappa shape index (κ1) is 28.4. The lowest BCUT2D eigenvalue weighted by Crippen LogP contribution is -2.49. The van der Waals surface area contributed by atoms with Gasteiger partial charge < -0.3 is 25.3 Å². The number of aromatic nitrogens is 3. The summed E-state index contributed by atoms with van der Waals surface area (Å²) in [7, 11) is 3.71. The molecule has 0 unspecified atom stereocenters. The number of nitrogen functional groups attached to an aromatic ring is 1. The fourth-order valence-electron chi connectivity index (χ4n) is 6.36. The maximum atomic E-state index is 14.3. The average Bonchev–Trinajstić information content (AvgIpc) is 3.39. The van der Waals surface area contributed by atoms with Crippen molar-refractivity contribution >= 4 is 40.0 Å². The number of anilines is 2. The van der Waals surface area contributed by atoms with E-state index in [-0.39, 0.29) is 10.6 Å². The van der Waals surface area contributed by atoms with Gasteiger partial charge in [0.25, 0.3) is 5.91 Å². The average molecular weight is 592 g/mol. The minimum atomic E-state index is -0.698. The van der Waals surface area contributed by atoms with Crippen LogP contribution in [-0.2, 0) is 0 Å². The summed E-state index contributed by atoms with van der Waals surface area (Å²) >= 11 is 6.10. The van der Waals surface area contributed by atoms with Gasteiger partial charge in [0.1, 0.15) is 29.4 Å². The van der Waals surface area contributed by atoms with E-state index in [1.807, 2.05) is 12.1 Å². The highest BCUT2D eigenvalue weighted by molar-refractivity contribution is 6.34. The van der Waals surface area contributed by atoms with Gasteiger partial charge in [-0.1, -0.05) is 23.7 Å². The van der Waals surface area contributed by atoms with Crippen LogP contribution >= 0.6 is 11.6 Å². The summed E-state index contributed by atoms with van der Waals surface area (Å²) < 4.78 is 22.2. The van der Waals surface area contributed by atoms with Crippen molar-refractivity contribution in [2.75, 3.05) is 51.4 Å². The minimum Gasteiger partial charge on any atom is -0.495 e. The molecule has 2 aliphatic rings. The number of nitrogens with two attached hydrogens (primary N) is 1. The van der Waals surface area contributed by atoms with Gasteiger partial charge in [0.05, 0.1) is 28.8 Å². The number of piperazine rings is 1. The first-order valence-electron chi connectivity index (χ1n) is 14.3. The molecule has 2 aromatic carbocycles. The number of halogens is 2. The fraction of sp³-hybridized carbons (Fsp3) is 0.387. The summed E-state index contributed by atoms with van der Waals surface area (Å²) in [6, 6.07) is 10.5. The van der Waals surface area contributed by atoms with Crippen LogP contribution < -0.4 is 15.8 Å². The third kappa shape index (κ3) is 5.42. The van der Waals surface area contributed by atoms with Crippen molar-refractivity contribution in [3.05, 3.63) is 65.3 Å². The van der Waals surface area contributed by atoms with E-state index in [1.165, 1.54) is 31.6 Å². The molecule has 220 valence electrons. The molecule has 0 atom stereocenters. The molecule has 9 nitrogen and oxygen atoms in total. The molecule has 0 bridgehead atoms. The number of methoxy groups -OCH3 is 1. The standard InChI is InChI=1S/C31H35ClFN7O2/c1-38-12-14-39(15-13-38)20-7-9-21(10-8-20)40-17-22(27-29(34)35-18-36-30(27)40)19-6-11-25(26(16-19)42-2)37-31(41)28-23(32)4-3-5-24(28)33/h3-6,11,16-18,20-21H,7-10,12-15H2,1-2H3,(H,37,41)(H2,34,35,36). The molecule has 11 heteroatoms. The van der Waals surface area contributed by atoms with Crippen molar-refractivity contribution in [1.82, 2.24) is 24.3 Å². The van der Waals surface area contributed by atoms with E-state index >= 15 is 0 Å². The summed E-state index contributed by atoms with van der Waals surface area (Å²) in [6.07, 6.45) is 8.06. The van der Waals surface area contributed by atoms with Gasteiger partial charge in [-0.25, -0.2) is 14.4 Å². The van der Waals surface area contributed by atoms with Crippen LogP contribution in [0.4, 0.5) is 15.9 Å². The summed E-state index contributed by atoms with van der Waals surface area (Å²) in [5.41, 5.74) is 9.12. The van der Waals surface area contributed by atoms with Gasteiger partial charge in [-0.15, -0.1) is 0 Å². The molecule has 1 saturated carbocycles. The van der Waals surface area contributed by atoms with E-state index < -0.39 is 11.7 Å². The predicted octanol–water partition coefficient (Wildman–Crippen LogP) is 5.47. The number of benzene rings is 2. The van der Waals surface area contributed by atoms with Crippen LogP contribution in [0.5, 0.6) is 5.75 Å². The second-order valence-electron chi connectivity index (χ2n) is 11.2. The summed E-state index contributed by atoms with van der Waals surface area (Å²) in [5.74, 6) is -0.537. The summed E-state index contributed by atoms with van der Waals surface area (Å²) in [5, 5.41) is 3.55. The number of amides is 1. The van der Waals surface area contributed by atoms with Gasteiger partial charge in [-0.05, 0) is 62.6 Å². The quantitative estimate of drug-likeness (QED) is 0.307. The highest BCUT2D eigenvalue weighted by atomic mass is 35.5. The lowest BCUT2D eigenvalue weighted by atomic mass is 9.89. The number of hydrogen-bond acceptors (Lipinski definition) is 7. The maximum Gasteiger partial charge on any atom is 0.260 e. The van der Waals surface area contributed by atoms with Gasteiger partial charge in [-0.3, -0.25) is 9.69 Å². The molecule has 1 amide bonds. The molecule has 3 N–H and O–H groups in total. The molecule has 2 aromatic heterocycles. The number of ether oxygens (including phenoxy) is 1. The maximum absolute atomic E-state index is 14.3. The zero-order chi connectivity index (χ0) is 29.4. The predicted molar refractivity (Wildman–Crippen MR) is 164 cm³/mol. The molecule has 6 rings (SSSR count). The number of nitrogens with zero attached hydrogens (tertiary/aromatic N) is 5. The Morgan fingerprint density at radius 1 is 1.07 bits per heavy atom. The van der Waals surface area contributed by atoms with E-state index in [1.54, 1.807) is 6.07 Å². The van der Waals surface area contributed by atoms with Crippen LogP contribution in [0.25, 0.3) is 22.2 Å². The number of fused-ring (bicyclic) bond motifs is 1. The Kier molecular flexibility index (Phi) is 8.02. The molecule has 1 saturated heterocycles. The number of hydrogen-bond donors (Lipinski definition) is 2. The van der Waals surface area contributed by atoms with Crippen molar-refractivity contribution in [3.63, 3.8) is 0 Å². The molecule has 0 spiro atoms. The Morgan fingerprint density at radius 3 is 2.52 bits per heavy atom. The number of carbonyl (C=O) groups is 1. The Hall–Kier alpha value is -3.73. The van der Waals surface area contributed by atoms with Crippen LogP contribution in [0.15, 0.2) is 48.9 Å². The van der Waals surface area contributed by atoms with Gasteiger partial charge in [0.2, 0.25) is 0 Å². The summed E-state index contributed by atoms with van der Waals surface area (Å²) in [4.78, 5) is 26.9. The first-order valence-corrected chi connectivity index (χ1v) is 14.7. The van der Waals surface area contributed by atoms with Gasteiger partial charge in [0.15, 0.2) is 0 Å². The number of likely N-dealkylation sites (N-methyl/N-ethyl adjacent to an activating group) is 1. The first-order chi connectivity index (χ1) is 20.3. The molecular weight excluding hydrogens is 557 g/mol. The highest BCUT2D eigenvalue weighted by Gasteiger charge is 2.30. The molecular formula is C31H35ClFN7O2. The fourth-order valence-corrected chi connectivity index (χ4v) is 6.60. The van der Waals surface area contributed by atoms with Gasteiger partial charge in [0, 0.05) is 50.0 Å². The Labute approximate surface area is 249 Å². The van der Waals surface area contributed by atoms with Crippen LogP contribution in [0.3, 0.4) is 0 Å². The van der Waals surface area contributed by atoms with E-state index in [0.717, 1.165) is 74.0 Å². The van der Waals surface area contributed by atoms with Crippen molar-refractivity contribution < 1.29 is 13.9 Å². The lowest BCUT2D eigenvalue weighted by molar-refractivity contribution is 0.0828. The van der Waals surface area contributed by atoms with Crippen molar-refractivity contribution in [1.29, 1.82) is 0 Å². The minimum absolute atomic E-state index is 0.0314. The number of rotatable bonds is 6. The van der Waals surface area contributed by atoms with Crippen LogP contribution in [0.1, 0.15) is 42.1 Å². The number of carbonyl (C=O) groups excluding carboxylic acids is 1. The van der Waals surface area contributed by atoms with Crippen molar-refractivity contribution in [3.8, 4) is 16.9 Å². The lowest BCUT2D eigenvalue weighted by Gasteiger charge is -2.41. The van der Waals surface area contributed by atoms with Crippen molar-refractivity contribution in [2.45, 2.75) is 37.8 Å². The van der Waals surface area contributed by atoms with Gasteiger partial charge in [-0.2, -0.15) is 0 Å². The highest BCUT2D eigenvalue weighted by Crippen LogP contribution is 2.41. The molecule has 1 aliphatic heterocycles. The monoisotopic (exact) mass is 591 g/mol. The Bertz CT molecular complexity index is 1590. The molecule has 4 aromatic rings. The van der Waals surface area contributed by atoms with E-state index in [9.17, 15) is 9.18 Å². The Balaban J connectivity index is 1.27. The number of nitrogens with one attached hydrogen (secondary N) is 1. The second kappa shape index (κ2) is 11.9. The topological polar surface area (TPSA) is 102 Å². The smallest absolute Gasteiger partial charge is 0.260 e. The van der Waals surface area contributed by atoms with E-state index in [4.69, 9.17) is 22.1 Å². The van der Waals surface area contributed by atoms with E-state index in [2.05, 4.69) is 42.9 Å². The Morgan fingerprint density at radius 2 is 1.81 bits per heavy atom. The third-order valence-corrected chi connectivity index (χ3v) is 9.02. The molecule has 0 radical (unpaired) electrons. The summed E-state index contributed by atoms with van der Waals surface area (Å²) in [6.45, 7) is 4.53. The molecule has 3 heterocycles. The van der Waals surface area contributed by atoms with Gasteiger partial charge >= 0.3 is 0 Å². The molecule has 42 heavy (non-hydrogen) atoms. The zero-order valence-electron chi connectivity index (χ0n) is 23.8. The van der Waals surface area contributed by atoms with E-state index in [0.29, 0.717) is 29.3 Å². The largest absolute Gasteiger partial charge is 0.495 e. The zero-order valence-corrected chi connectivity index (χ0v) is 24.6. The molecule has 1 aliphatic carbocycles. The third-order valence-electron chi connectivity index (χ3n) is 8.70. The normalized spacial score (nSPS) is 20.1. The molecule has 2 fully saturated rings. The second-order valence-corrected chi connectivity index (χ2v) is 11.6. The van der Waals surface area contributed by atoms with Crippen LogP contribution in [0.2, 0.25) is 5.02 Å².